The first-order valence-corrected chi connectivity index (χ1v) is 10.4. The van der Waals surface area contributed by atoms with Crippen LogP contribution in [0.5, 0.6) is 0 Å². The average Bonchev–Trinajstić information content (AvgIpc) is 2.63. The first-order chi connectivity index (χ1) is 12.1. The van der Waals surface area contributed by atoms with Gasteiger partial charge in [0, 0.05) is 29.8 Å². The minimum Gasteiger partial charge on any atom is -0.355 e. The molecule has 4 nitrogen and oxygen atoms in total. The van der Waals surface area contributed by atoms with E-state index in [1.807, 2.05) is 18.8 Å². The second kappa shape index (κ2) is 15.6. The first kappa shape index (κ1) is 25.5. The van der Waals surface area contributed by atoms with Crippen molar-refractivity contribution in [1.82, 2.24) is 15.5 Å². The molecule has 0 radical (unpaired) electrons. The monoisotopic (exact) mass is 492 g/mol. The third kappa shape index (κ3) is 11.3. The second-order valence-corrected chi connectivity index (χ2v) is 7.92. The molecule has 150 valence electrons. The summed E-state index contributed by atoms with van der Waals surface area (Å²) in [5, 5.41) is 7.44. The number of aliphatic imine (C=N–C) groups is 1. The third-order valence-electron chi connectivity index (χ3n) is 4.25. The summed E-state index contributed by atoms with van der Waals surface area (Å²) in [6, 6.07) is 11.0. The van der Waals surface area contributed by atoms with E-state index in [-0.39, 0.29) is 24.0 Å². The lowest BCUT2D eigenvalue weighted by Gasteiger charge is -2.22. The van der Waals surface area contributed by atoms with Gasteiger partial charge >= 0.3 is 0 Å². The van der Waals surface area contributed by atoms with Crippen LogP contribution in [0.3, 0.4) is 0 Å². The smallest absolute Gasteiger partial charge is 0.191 e. The maximum absolute atomic E-state index is 4.36. The van der Waals surface area contributed by atoms with Crippen molar-refractivity contribution in [3.05, 3.63) is 30.3 Å². The number of nitrogens with one attached hydrogen (secondary N) is 2. The normalized spacial score (nSPS) is 13.8. The summed E-state index contributed by atoms with van der Waals surface area (Å²) in [5.74, 6) is 0.899. The Morgan fingerprint density at radius 3 is 2.38 bits per heavy atom. The molecule has 0 amide bonds. The molecule has 0 spiro atoms. The SMILES string of the molecule is CCN(CC)CCCC(C)NC(=NC)NCC(C)Sc1ccccc1.I. The molecule has 0 aliphatic rings. The Morgan fingerprint density at radius 2 is 1.81 bits per heavy atom. The molecule has 0 heterocycles. The van der Waals surface area contributed by atoms with Crippen LogP contribution in [0.4, 0.5) is 0 Å². The summed E-state index contributed by atoms with van der Waals surface area (Å²) in [6.07, 6.45) is 2.37. The zero-order chi connectivity index (χ0) is 18.5. The van der Waals surface area contributed by atoms with Crippen LogP contribution >= 0.6 is 35.7 Å². The highest BCUT2D eigenvalue weighted by atomic mass is 127. The fourth-order valence-corrected chi connectivity index (χ4v) is 3.62. The zero-order valence-corrected chi connectivity index (χ0v) is 20.1. The summed E-state index contributed by atoms with van der Waals surface area (Å²) < 4.78 is 0. The maximum atomic E-state index is 4.36. The highest BCUT2D eigenvalue weighted by Crippen LogP contribution is 2.21. The summed E-state index contributed by atoms with van der Waals surface area (Å²) in [5.41, 5.74) is 0. The molecule has 0 aromatic heterocycles. The fraction of sp³-hybridized carbons (Fsp3) is 0.650. The summed E-state index contributed by atoms with van der Waals surface area (Å²) >= 11 is 1.89. The van der Waals surface area contributed by atoms with E-state index in [0.29, 0.717) is 11.3 Å². The van der Waals surface area contributed by atoms with E-state index in [2.05, 4.69) is 78.6 Å². The van der Waals surface area contributed by atoms with Gasteiger partial charge in [-0.1, -0.05) is 39.0 Å². The number of halogens is 1. The van der Waals surface area contributed by atoms with Gasteiger partial charge in [0.05, 0.1) is 0 Å². The first-order valence-electron chi connectivity index (χ1n) is 9.50. The van der Waals surface area contributed by atoms with Crippen LogP contribution < -0.4 is 10.6 Å². The van der Waals surface area contributed by atoms with Gasteiger partial charge in [-0.15, -0.1) is 35.7 Å². The number of nitrogens with zero attached hydrogens (tertiary/aromatic N) is 2. The molecule has 0 bridgehead atoms. The van der Waals surface area contributed by atoms with Crippen molar-refractivity contribution < 1.29 is 0 Å². The number of thioether (sulfide) groups is 1. The molecule has 1 rings (SSSR count). The van der Waals surface area contributed by atoms with Gasteiger partial charge < -0.3 is 15.5 Å². The molecule has 1 aromatic rings. The quantitative estimate of drug-likeness (QED) is 0.207. The van der Waals surface area contributed by atoms with Crippen LogP contribution in [0.1, 0.15) is 40.5 Å². The lowest BCUT2D eigenvalue weighted by molar-refractivity contribution is 0.292. The largest absolute Gasteiger partial charge is 0.355 e. The minimum atomic E-state index is 0. The fourth-order valence-electron chi connectivity index (χ4n) is 2.67. The van der Waals surface area contributed by atoms with E-state index >= 15 is 0 Å². The molecule has 1 aromatic carbocycles. The summed E-state index contributed by atoms with van der Waals surface area (Å²) in [6.45, 7) is 13.3. The molecule has 0 aliphatic carbocycles. The molecule has 2 unspecified atom stereocenters. The van der Waals surface area contributed by atoms with E-state index < -0.39 is 0 Å². The highest BCUT2D eigenvalue weighted by molar-refractivity contribution is 14.0. The predicted molar refractivity (Wildman–Crippen MR) is 128 cm³/mol. The molecule has 0 saturated heterocycles. The number of hydrogen-bond donors (Lipinski definition) is 2. The van der Waals surface area contributed by atoms with Gasteiger partial charge in [-0.05, 0) is 51.5 Å². The van der Waals surface area contributed by atoms with Crippen molar-refractivity contribution in [2.45, 2.75) is 56.7 Å². The minimum absolute atomic E-state index is 0. The highest BCUT2D eigenvalue weighted by Gasteiger charge is 2.09. The van der Waals surface area contributed by atoms with Gasteiger partial charge in [-0.3, -0.25) is 4.99 Å². The molecule has 0 aliphatic heterocycles. The van der Waals surface area contributed by atoms with Crippen LogP contribution in [0.25, 0.3) is 0 Å². The number of guanidine groups is 1. The van der Waals surface area contributed by atoms with Crippen molar-refractivity contribution in [3.63, 3.8) is 0 Å². The lowest BCUT2D eigenvalue weighted by Crippen LogP contribution is -2.44. The zero-order valence-electron chi connectivity index (χ0n) is 17.0. The van der Waals surface area contributed by atoms with Crippen molar-refractivity contribution in [2.24, 2.45) is 4.99 Å². The maximum Gasteiger partial charge on any atom is 0.191 e. The van der Waals surface area contributed by atoms with E-state index in [4.69, 9.17) is 0 Å². The average molecular weight is 493 g/mol. The van der Waals surface area contributed by atoms with Crippen LogP contribution in [0, 0.1) is 0 Å². The van der Waals surface area contributed by atoms with E-state index in [0.717, 1.165) is 32.0 Å². The Balaban J connectivity index is 0.00000625. The lowest BCUT2D eigenvalue weighted by atomic mass is 10.2. The van der Waals surface area contributed by atoms with Crippen molar-refractivity contribution in [2.75, 3.05) is 33.2 Å². The number of rotatable bonds is 11. The standard InChI is InChI=1S/C20H36N4S.HI/c1-6-24(7-2)15-11-12-17(3)23-20(21-5)22-16-18(4)25-19-13-9-8-10-14-19;/h8-10,13-14,17-18H,6-7,11-12,15-16H2,1-5H3,(H2,21,22,23);1H. The Hall–Kier alpha value is -0.470. The second-order valence-electron chi connectivity index (χ2n) is 6.41. The topological polar surface area (TPSA) is 39.7 Å². The van der Waals surface area contributed by atoms with Gasteiger partial charge in [0.25, 0.3) is 0 Å². The molecule has 6 heteroatoms. The van der Waals surface area contributed by atoms with Gasteiger partial charge in [-0.2, -0.15) is 0 Å². The molecule has 2 N–H and O–H groups in total. The molecule has 0 fully saturated rings. The molecule has 26 heavy (non-hydrogen) atoms. The van der Waals surface area contributed by atoms with Gasteiger partial charge in [0.15, 0.2) is 5.96 Å². The number of benzene rings is 1. The number of hydrogen-bond acceptors (Lipinski definition) is 3. The van der Waals surface area contributed by atoms with E-state index in [9.17, 15) is 0 Å². The van der Waals surface area contributed by atoms with Crippen LogP contribution in [0.2, 0.25) is 0 Å². The molecular weight excluding hydrogens is 455 g/mol. The van der Waals surface area contributed by atoms with Gasteiger partial charge in [0.1, 0.15) is 0 Å². The Kier molecular flexibility index (Phi) is 15.3. The summed E-state index contributed by atoms with van der Waals surface area (Å²) in [4.78, 5) is 8.14. The Morgan fingerprint density at radius 1 is 1.15 bits per heavy atom. The predicted octanol–water partition coefficient (Wildman–Crippen LogP) is 4.46. The molecular formula is C20H37IN4S. The Bertz CT molecular complexity index is 480. The van der Waals surface area contributed by atoms with Crippen molar-refractivity contribution in [3.8, 4) is 0 Å². The molecule has 2 atom stereocenters. The van der Waals surface area contributed by atoms with Crippen LogP contribution in [0.15, 0.2) is 40.2 Å². The van der Waals surface area contributed by atoms with Crippen molar-refractivity contribution in [1.29, 1.82) is 0 Å². The van der Waals surface area contributed by atoms with Gasteiger partial charge in [-0.25, -0.2) is 0 Å². The Labute approximate surface area is 182 Å². The van der Waals surface area contributed by atoms with Crippen LogP contribution in [-0.4, -0.2) is 55.4 Å². The van der Waals surface area contributed by atoms with E-state index in [1.54, 1.807) is 0 Å². The van der Waals surface area contributed by atoms with Crippen LogP contribution in [-0.2, 0) is 0 Å². The van der Waals surface area contributed by atoms with Gasteiger partial charge in [0.2, 0.25) is 0 Å². The summed E-state index contributed by atoms with van der Waals surface area (Å²) in [7, 11) is 1.84. The molecule has 0 saturated carbocycles. The van der Waals surface area contributed by atoms with E-state index in [1.165, 1.54) is 17.9 Å². The third-order valence-corrected chi connectivity index (χ3v) is 5.36. The van der Waals surface area contributed by atoms with Crippen molar-refractivity contribution >= 4 is 41.7 Å².